The summed E-state index contributed by atoms with van der Waals surface area (Å²) in [6, 6.07) is 6.87. The quantitative estimate of drug-likeness (QED) is 0.711. The number of hydrogen-bond acceptors (Lipinski definition) is 1. The molecule has 0 saturated heterocycles. The minimum Gasteiger partial charge on any atom is -0.335 e. The Hall–Kier alpha value is -1.31. The van der Waals surface area contributed by atoms with Crippen LogP contribution in [0.1, 0.15) is 63.1 Å². The van der Waals surface area contributed by atoms with Gasteiger partial charge in [0.2, 0.25) is 5.91 Å². The van der Waals surface area contributed by atoms with Gasteiger partial charge in [0.25, 0.3) is 0 Å². The third-order valence-corrected chi connectivity index (χ3v) is 4.09. The summed E-state index contributed by atoms with van der Waals surface area (Å²) in [4.78, 5) is 14.5. The third-order valence-electron chi connectivity index (χ3n) is 4.09. The van der Waals surface area contributed by atoms with E-state index >= 15 is 0 Å². The predicted octanol–water partition coefficient (Wildman–Crippen LogP) is 4.62. The lowest BCUT2D eigenvalue weighted by atomic mass is 10.0. The Labute approximate surface area is 124 Å². The van der Waals surface area contributed by atoms with Gasteiger partial charge in [-0.3, -0.25) is 4.79 Å². The number of carbonyl (C=O) groups excluding carboxylic acids is 1. The summed E-state index contributed by atoms with van der Waals surface area (Å²) < 4.78 is 0. The van der Waals surface area contributed by atoms with E-state index in [4.69, 9.17) is 0 Å². The molecule has 0 saturated carbocycles. The second kappa shape index (κ2) is 8.08. The standard InChI is InChI=1S/C18H29NO/c1-6-9-18(20)19(17(7-2)8-3)13-16-11-10-14(4)15(5)12-16/h10-12,17H,6-9,13H2,1-5H3. The van der Waals surface area contributed by atoms with E-state index in [0.29, 0.717) is 18.4 Å². The minimum absolute atomic E-state index is 0.291. The van der Waals surface area contributed by atoms with Gasteiger partial charge in [-0.1, -0.05) is 39.0 Å². The van der Waals surface area contributed by atoms with Crippen LogP contribution in [0.15, 0.2) is 18.2 Å². The van der Waals surface area contributed by atoms with Crippen molar-refractivity contribution < 1.29 is 4.79 Å². The molecule has 1 rings (SSSR count). The molecule has 2 nitrogen and oxygen atoms in total. The van der Waals surface area contributed by atoms with Crippen molar-refractivity contribution in [2.24, 2.45) is 0 Å². The Kier molecular flexibility index (Phi) is 6.77. The van der Waals surface area contributed by atoms with Crippen LogP contribution in [-0.4, -0.2) is 16.8 Å². The van der Waals surface area contributed by atoms with Gasteiger partial charge in [0.05, 0.1) is 0 Å². The van der Waals surface area contributed by atoms with Gasteiger partial charge in [-0.2, -0.15) is 0 Å². The highest BCUT2D eigenvalue weighted by atomic mass is 16.2. The Morgan fingerprint density at radius 2 is 1.75 bits per heavy atom. The van der Waals surface area contributed by atoms with Crippen LogP contribution in [0.25, 0.3) is 0 Å². The van der Waals surface area contributed by atoms with Crippen molar-refractivity contribution in [3.8, 4) is 0 Å². The van der Waals surface area contributed by atoms with Gasteiger partial charge in [-0.05, 0) is 49.8 Å². The van der Waals surface area contributed by atoms with Crippen molar-refractivity contribution in [1.29, 1.82) is 0 Å². The van der Waals surface area contributed by atoms with Gasteiger partial charge in [0.15, 0.2) is 0 Å². The Balaban J connectivity index is 2.92. The van der Waals surface area contributed by atoms with E-state index in [1.54, 1.807) is 0 Å². The lowest BCUT2D eigenvalue weighted by Crippen LogP contribution is -2.39. The molecular weight excluding hydrogens is 246 g/mol. The topological polar surface area (TPSA) is 20.3 Å². The van der Waals surface area contributed by atoms with E-state index in [2.05, 4.69) is 57.7 Å². The largest absolute Gasteiger partial charge is 0.335 e. The van der Waals surface area contributed by atoms with Gasteiger partial charge >= 0.3 is 0 Å². The van der Waals surface area contributed by atoms with Gasteiger partial charge in [-0.25, -0.2) is 0 Å². The molecular formula is C18H29NO. The van der Waals surface area contributed by atoms with Gasteiger partial charge in [0, 0.05) is 19.0 Å². The maximum Gasteiger partial charge on any atom is 0.223 e. The normalized spacial score (nSPS) is 10.9. The summed E-state index contributed by atoms with van der Waals surface area (Å²) >= 11 is 0. The molecule has 1 aromatic carbocycles. The van der Waals surface area contributed by atoms with E-state index in [9.17, 15) is 4.79 Å². The fourth-order valence-electron chi connectivity index (χ4n) is 2.61. The summed E-state index contributed by atoms with van der Waals surface area (Å²) in [6.07, 6.45) is 3.62. The second-order valence-electron chi connectivity index (χ2n) is 5.66. The maximum atomic E-state index is 12.4. The van der Waals surface area contributed by atoms with Crippen molar-refractivity contribution in [2.45, 2.75) is 72.9 Å². The van der Waals surface area contributed by atoms with Crippen LogP contribution in [0.5, 0.6) is 0 Å². The first-order valence-electron chi connectivity index (χ1n) is 7.89. The molecule has 0 atom stereocenters. The first-order chi connectivity index (χ1) is 9.53. The molecule has 0 unspecified atom stereocenters. The fourth-order valence-corrected chi connectivity index (χ4v) is 2.61. The fraction of sp³-hybridized carbons (Fsp3) is 0.611. The molecule has 0 aromatic heterocycles. The SMILES string of the molecule is CCCC(=O)N(Cc1ccc(C)c(C)c1)C(CC)CC. The Morgan fingerprint density at radius 3 is 2.25 bits per heavy atom. The van der Waals surface area contributed by atoms with Crippen molar-refractivity contribution in [3.63, 3.8) is 0 Å². The van der Waals surface area contributed by atoms with E-state index in [0.717, 1.165) is 25.8 Å². The second-order valence-corrected chi connectivity index (χ2v) is 5.66. The smallest absolute Gasteiger partial charge is 0.223 e. The molecule has 0 radical (unpaired) electrons. The summed E-state index contributed by atoms with van der Waals surface area (Å²) in [5.74, 6) is 0.291. The molecule has 1 amide bonds. The number of amides is 1. The van der Waals surface area contributed by atoms with E-state index in [-0.39, 0.29) is 0 Å². The van der Waals surface area contributed by atoms with Gasteiger partial charge in [-0.15, -0.1) is 0 Å². The molecule has 20 heavy (non-hydrogen) atoms. The van der Waals surface area contributed by atoms with E-state index in [1.165, 1.54) is 16.7 Å². The van der Waals surface area contributed by atoms with Crippen LogP contribution in [0.3, 0.4) is 0 Å². The zero-order valence-electron chi connectivity index (χ0n) is 13.7. The minimum atomic E-state index is 0.291. The summed E-state index contributed by atoms with van der Waals surface area (Å²) in [5.41, 5.74) is 3.85. The molecule has 112 valence electrons. The van der Waals surface area contributed by atoms with Crippen LogP contribution in [0, 0.1) is 13.8 Å². The van der Waals surface area contributed by atoms with Crippen molar-refractivity contribution in [1.82, 2.24) is 4.90 Å². The third kappa shape index (κ3) is 4.36. The summed E-state index contributed by atoms with van der Waals surface area (Å²) in [7, 11) is 0. The monoisotopic (exact) mass is 275 g/mol. The Morgan fingerprint density at radius 1 is 1.10 bits per heavy atom. The van der Waals surface area contributed by atoms with Crippen LogP contribution in [-0.2, 0) is 11.3 Å². The number of rotatable bonds is 7. The average Bonchev–Trinajstić information content (AvgIpc) is 2.43. The molecule has 0 aliphatic rings. The van der Waals surface area contributed by atoms with Gasteiger partial charge < -0.3 is 4.90 Å². The zero-order chi connectivity index (χ0) is 15.1. The molecule has 0 aliphatic carbocycles. The predicted molar refractivity (Wildman–Crippen MR) is 85.7 cm³/mol. The molecule has 0 spiro atoms. The number of carbonyl (C=O) groups is 1. The Bertz CT molecular complexity index is 435. The molecule has 0 bridgehead atoms. The lowest BCUT2D eigenvalue weighted by Gasteiger charge is -2.31. The van der Waals surface area contributed by atoms with Gasteiger partial charge in [0.1, 0.15) is 0 Å². The van der Waals surface area contributed by atoms with E-state index in [1.807, 2.05) is 0 Å². The van der Waals surface area contributed by atoms with Crippen molar-refractivity contribution in [2.75, 3.05) is 0 Å². The summed E-state index contributed by atoms with van der Waals surface area (Å²) in [5, 5.41) is 0. The van der Waals surface area contributed by atoms with Crippen molar-refractivity contribution >= 4 is 5.91 Å². The van der Waals surface area contributed by atoms with Crippen LogP contribution in [0.2, 0.25) is 0 Å². The molecule has 1 aromatic rings. The molecule has 2 heteroatoms. The first kappa shape index (κ1) is 16.7. The van der Waals surface area contributed by atoms with Crippen LogP contribution >= 0.6 is 0 Å². The highest BCUT2D eigenvalue weighted by molar-refractivity contribution is 5.76. The molecule has 0 heterocycles. The number of aryl methyl sites for hydroxylation is 2. The number of hydrogen-bond donors (Lipinski definition) is 0. The first-order valence-corrected chi connectivity index (χ1v) is 7.89. The van der Waals surface area contributed by atoms with Crippen LogP contribution < -0.4 is 0 Å². The number of benzene rings is 1. The van der Waals surface area contributed by atoms with Crippen molar-refractivity contribution in [3.05, 3.63) is 34.9 Å². The highest BCUT2D eigenvalue weighted by Crippen LogP contribution is 2.18. The maximum absolute atomic E-state index is 12.4. The molecule has 0 fully saturated rings. The zero-order valence-corrected chi connectivity index (χ0v) is 13.7. The summed E-state index contributed by atoms with van der Waals surface area (Å²) in [6.45, 7) is 11.4. The lowest BCUT2D eigenvalue weighted by molar-refractivity contribution is -0.134. The number of nitrogens with zero attached hydrogens (tertiary/aromatic N) is 1. The van der Waals surface area contributed by atoms with Crippen LogP contribution in [0.4, 0.5) is 0 Å². The average molecular weight is 275 g/mol. The van der Waals surface area contributed by atoms with E-state index < -0.39 is 0 Å². The molecule has 0 N–H and O–H groups in total. The highest BCUT2D eigenvalue weighted by Gasteiger charge is 2.20. The molecule has 0 aliphatic heterocycles.